The normalized spacial score (nSPS) is 11.8. The van der Waals surface area contributed by atoms with Crippen LogP contribution in [0.15, 0.2) is 77.6 Å². The van der Waals surface area contributed by atoms with E-state index in [4.69, 9.17) is 9.97 Å². The van der Waals surface area contributed by atoms with E-state index in [0.717, 1.165) is 27.1 Å². The standard InChI is InChI=1S/C24H15N3OS/c1-14-10-12-15(13-11-14)22-26-24-20(21(28)16-6-2-5-9-19(16)29-24)23-25-17-7-3-4-8-18(17)27(22)23/h2-13H,1H3. The molecule has 3 heterocycles. The molecule has 6 rings (SSSR count). The van der Waals surface area contributed by atoms with Gasteiger partial charge in [0.15, 0.2) is 5.65 Å². The van der Waals surface area contributed by atoms with E-state index in [2.05, 4.69) is 31.2 Å². The third kappa shape index (κ3) is 2.34. The number of nitrogens with zero attached hydrogens (tertiary/aromatic N) is 3. The molecule has 0 unspecified atom stereocenters. The molecule has 0 bridgehead atoms. The lowest BCUT2D eigenvalue weighted by molar-refractivity contribution is 1.16. The maximum Gasteiger partial charge on any atom is 0.201 e. The molecule has 0 saturated heterocycles. The molecule has 5 heteroatoms. The lowest BCUT2D eigenvalue weighted by Crippen LogP contribution is -2.06. The highest BCUT2D eigenvalue weighted by molar-refractivity contribution is 7.24. The van der Waals surface area contributed by atoms with Gasteiger partial charge in [-0.25, -0.2) is 9.97 Å². The van der Waals surface area contributed by atoms with Gasteiger partial charge in [-0.2, -0.15) is 0 Å². The van der Waals surface area contributed by atoms with Gasteiger partial charge in [-0.05, 0) is 31.2 Å². The van der Waals surface area contributed by atoms with Crippen LogP contribution in [0.25, 0.3) is 48.4 Å². The second-order valence-corrected chi connectivity index (χ2v) is 8.20. The van der Waals surface area contributed by atoms with Crippen LogP contribution in [0.3, 0.4) is 0 Å². The molecule has 0 saturated carbocycles. The van der Waals surface area contributed by atoms with Crippen LogP contribution in [-0.2, 0) is 0 Å². The number of benzene rings is 3. The summed E-state index contributed by atoms with van der Waals surface area (Å²) in [6.45, 7) is 2.07. The van der Waals surface area contributed by atoms with Crippen molar-refractivity contribution in [2.45, 2.75) is 6.92 Å². The van der Waals surface area contributed by atoms with Crippen LogP contribution in [0.1, 0.15) is 5.56 Å². The number of hydrogen-bond donors (Lipinski definition) is 0. The molecule has 6 aromatic rings. The molecule has 138 valence electrons. The molecule has 0 spiro atoms. The summed E-state index contributed by atoms with van der Waals surface area (Å²) in [6, 6.07) is 23.9. The molecule has 29 heavy (non-hydrogen) atoms. The van der Waals surface area contributed by atoms with E-state index in [-0.39, 0.29) is 5.43 Å². The number of aryl methyl sites for hydroxylation is 1. The van der Waals surface area contributed by atoms with Crippen molar-refractivity contribution >= 4 is 48.3 Å². The molecule has 0 radical (unpaired) electrons. The molecule has 3 aromatic carbocycles. The van der Waals surface area contributed by atoms with Crippen LogP contribution < -0.4 is 5.43 Å². The number of fused-ring (bicyclic) bond motifs is 6. The van der Waals surface area contributed by atoms with E-state index in [1.165, 1.54) is 16.9 Å². The Bertz CT molecular complexity index is 1630. The molecular weight excluding hydrogens is 378 g/mol. The van der Waals surface area contributed by atoms with Gasteiger partial charge in [-0.15, -0.1) is 11.3 Å². The van der Waals surface area contributed by atoms with Crippen molar-refractivity contribution in [3.05, 3.63) is 88.6 Å². The fourth-order valence-electron chi connectivity index (χ4n) is 3.86. The van der Waals surface area contributed by atoms with Crippen LogP contribution >= 0.6 is 11.3 Å². The van der Waals surface area contributed by atoms with Crippen molar-refractivity contribution in [2.24, 2.45) is 0 Å². The van der Waals surface area contributed by atoms with Gasteiger partial charge in [0.05, 0.1) is 11.0 Å². The fraction of sp³-hybridized carbons (Fsp3) is 0.0417. The van der Waals surface area contributed by atoms with Gasteiger partial charge in [0.1, 0.15) is 16.0 Å². The predicted molar refractivity (Wildman–Crippen MR) is 120 cm³/mol. The van der Waals surface area contributed by atoms with Crippen molar-refractivity contribution in [2.75, 3.05) is 0 Å². The Labute approximate surface area is 169 Å². The fourth-order valence-corrected chi connectivity index (χ4v) is 4.90. The van der Waals surface area contributed by atoms with Gasteiger partial charge in [-0.3, -0.25) is 9.20 Å². The summed E-state index contributed by atoms with van der Waals surface area (Å²) in [7, 11) is 0. The molecule has 3 aromatic heterocycles. The first-order valence-corrected chi connectivity index (χ1v) is 10.2. The van der Waals surface area contributed by atoms with Crippen molar-refractivity contribution in [3.8, 4) is 11.4 Å². The maximum absolute atomic E-state index is 13.4. The van der Waals surface area contributed by atoms with Gasteiger partial charge in [0, 0.05) is 15.6 Å². The minimum Gasteiger partial charge on any atom is -0.288 e. The largest absolute Gasteiger partial charge is 0.288 e. The first kappa shape index (κ1) is 16.4. The van der Waals surface area contributed by atoms with Crippen molar-refractivity contribution in [3.63, 3.8) is 0 Å². The Kier molecular flexibility index (Phi) is 3.37. The first-order valence-electron chi connectivity index (χ1n) is 9.40. The van der Waals surface area contributed by atoms with E-state index in [1.807, 2.05) is 52.9 Å². The van der Waals surface area contributed by atoms with E-state index >= 15 is 0 Å². The molecule has 0 aliphatic heterocycles. The molecule has 0 N–H and O–H groups in total. The van der Waals surface area contributed by atoms with E-state index in [0.29, 0.717) is 21.3 Å². The SMILES string of the molecule is Cc1ccc(-c2nc3sc4ccccc4c(=O)c3c3nc4ccccc4n23)cc1. The van der Waals surface area contributed by atoms with Crippen LogP contribution in [0.5, 0.6) is 0 Å². The van der Waals surface area contributed by atoms with Crippen molar-refractivity contribution < 1.29 is 0 Å². The zero-order valence-electron chi connectivity index (χ0n) is 15.6. The minimum absolute atomic E-state index is 0.0161. The molecule has 0 fully saturated rings. The van der Waals surface area contributed by atoms with Crippen LogP contribution in [0, 0.1) is 6.92 Å². The predicted octanol–water partition coefficient (Wildman–Crippen LogP) is 5.59. The van der Waals surface area contributed by atoms with E-state index in [1.54, 1.807) is 0 Å². The Morgan fingerprint density at radius 2 is 1.62 bits per heavy atom. The Balaban J connectivity index is 1.89. The van der Waals surface area contributed by atoms with Gasteiger partial charge in [0.25, 0.3) is 0 Å². The quantitative estimate of drug-likeness (QED) is 0.342. The van der Waals surface area contributed by atoms with E-state index < -0.39 is 0 Å². The minimum atomic E-state index is -0.0161. The van der Waals surface area contributed by atoms with Crippen LogP contribution in [0.4, 0.5) is 0 Å². The highest BCUT2D eigenvalue weighted by atomic mass is 32.1. The molecule has 4 nitrogen and oxygen atoms in total. The number of aromatic nitrogens is 3. The van der Waals surface area contributed by atoms with Crippen LogP contribution in [-0.4, -0.2) is 14.4 Å². The van der Waals surface area contributed by atoms with Gasteiger partial charge in [-0.1, -0.05) is 54.1 Å². The summed E-state index contributed by atoms with van der Waals surface area (Å²) in [5.74, 6) is 0.798. The summed E-state index contributed by atoms with van der Waals surface area (Å²) in [5.41, 5.74) is 4.64. The lowest BCUT2D eigenvalue weighted by Gasteiger charge is -2.09. The molecule has 0 amide bonds. The summed E-state index contributed by atoms with van der Waals surface area (Å²) in [5, 5.41) is 1.30. The number of hydrogen-bond acceptors (Lipinski definition) is 4. The number of para-hydroxylation sites is 2. The van der Waals surface area contributed by atoms with Crippen molar-refractivity contribution in [1.29, 1.82) is 0 Å². The third-order valence-electron chi connectivity index (χ3n) is 5.29. The highest BCUT2D eigenvalue weighted by Gasteiger charge is 2.18. The zero-order chi connectivity index (χ0) is 19.5. The van der Waals surface area contributed by atoms with Crippen LogP contribution in [0.2, 0.25) is 0 Å². The van der Waals surface area contributed by atoms with Gasteiger partial charge >= 0.3 is 0 Å². The summed E-state index contributed by atoms with van der Waals surface area (Å²) in [4.78, 5) is 23.9. The number of rotatable bonds is 1. The van der Waals surface area contributed by atoms with E-state index in [9.17, 15) is 4.79 Å². The topological polar surface area (TPSA) is 47.3 Å². The first-order chi connectivity index (χ1) is 14.2. The van der Waals surface area contributed by atoms with Gasteiger partial charge < -0.3 is 0 Å². The highest BCUT2D eigenvalue weighted by Crippen LogP contribution is 2.32. The Hall–Kier alpha value is -3.57. The monoisotopic (exact) mass is 393 g/mol. The van der Waals surface area contributed by atoms with Gasteiger partial charge in [0.2, 0.25) is 5.43 Å². The molecular formula is C24H15N3OS. The maximum atomic E-state index is 13.4. The number of imidazole rings is 1. The molecule has 0 aliphatic carbocycles. The zero-order valence-corrected chi connectivity index (χ0v) is 16.4. The second kappa shape index (κ2) is 5.96. The Morgan fingerprint density at radius 3 is 2.48 bits per heavy atom. The van der Waals surface area contributed by atoms with Crippen molar-refractivity contribution in [1.82, 2.24) is 14.4 Å². The molecule has 0 atom stereocenters. The Morgan fingerprint density at radius 1 is 0.862 bits per heavy atom. The summed E-state index contributed by atoms with van der Waals surface area (Å²) >= 11 is 1.54. The lowest BCUT2D eigenvalue weighted by atomic mass is 10.1. The average Bonchev–Trinajstić information content (AvgIpc) is 3.13. The average molecular weight is 393 g/mol. The smallest absolute Gasteiger partial charge is 0.201 e. The summed E-state index contributed by atoms with van der Waals surface area (Å²) < 4.78 is 2.96. The molecule has 0 aliphatic rings. The third-order valence-corrected chi connectivity index (χ3v) is 6.36. The second-order valence-electron chi connectivity index (χ2n) is 7.17. The summed E-state index contributed by atoms with van der Waals surface area (Å²) in [6.07, 6.45) is 0.